The van der Waals surface area contributed by atoms with Crippen molar-refractivity contribution in [3.05, 3.63) is 88.2 Å². The van der Waals surface area contributed by atoms with Crippen LogP contribution in [0.1, 0.15) is 21.6 Å². The molecule has 0 aliphatic carbocycles. The number of nitrogens with zero attached hydrogens (tertiary/aromatic N) is 3. The van der Waals surface area contributed by atoms with E-state index < -0.39 is 0 Å². The monoisotopic (exact) mass is 437 g/mol. The molecular formula is C21H16BrN3OS. The van der Waals surface area contributed by atoms with Crippen LogP contribution in [0.3, 0.4) is 0 Å². The van der Waals surface area contributed by atoms with E-state index in [2.05, 4.69) is 33.9 Å². The first-order chi connectivity index (χ1) is 13.1. The summed E-state index contributed by atoms with van der Waals surface area (Å²) in [6.07, 6.45) is 1.74. The predicted octanol–water partition coefficient (Wildman–Crippen LogP) is 5.61. The zero-order chi connectivity index (χ0) is 18.8. The standard InChI is InChI=1S/C21H16BrN3OS/c1-14-5-10-18-19(12-14)27-21(24-18)25(13-17-4-2-3-11-23-17)20(26)15-6-8-16(22)9-7-15/h2-12H,13H2,1H3. The summed E-state index contributed by atoms with van der Waals surface area (Å²) in [6, 6.07) is 19.2. The Morgan fingerprint density at radius 3 is 2.67 bits per heavy atom. The number of anilines is 1. The highest BCUT2D eigenvalue weighted by atomic mass is 79.9. The number of amides is 1. The van der Waals surface area contributed by atoms with Crippen LogP contribution >= 0.6 is 27.3 Å². The van der Waals surface area contributed by atoms with Crippen LogP contribution in [-0.4, -0.2) is 15.9 Å². The highest BCUT2D eigenvalue weighted by Gasteiger charge is 2.22. The van der Waals surface area contributed by atoms with Crippen molar-refractivity contribution in [2.24, 2.45) is 0 Å². The largest absolute Gasteiger partial charge is 0.278 e. The molecule has 0 radical (unpaired) electrons. The molecule has 2 aromatic heterocycles. The predicted molar refractivity (Wildman–Crippen MR) is 113 cm³/mol. The molecule has 1 amide bonds. The zero-order valence-corrected chi connectivity index (χ0v) is 17.0. The third-order valence-corrected chi connectivity index (χ3v) is 5.72. The Hall–Kier alpha value is -2.57. The Balaban J connectivity index is 1.76. The van der Waals surface area contributed by atoms with Gasteiger partial charge in [-0.2, -0.15) is 0 Å². The van der Waals surface area contributed by atoms with Gasteiger partial charge in [0.05, 0.1) is 22.5 Å². The lowest BCUT2D eigenvalue weighted by Crippen LogP contribution is -2.30. The summed E-state index contributed by atoms with van der Waals surface area (Å²) in [5, 5.41) is 0.675. The Morgan fingerprint density at radius 1 is 1.11 bits per heavy atom. The van der Waals surface area contributed by atoms with E-state index >= 15 is 0 Å². The summed E-state index contributed by atoms with van der Waals surface area (Å²) in [6.45, 7) is 2.42. The van der Waals surface area contributed by atoms with Crippen LogP contribution < -0.4 is 4.90 Å². The molecule has 4 rings (SSSR count). The molecule has 4 aromatic rings. The highest BCUT2D eigenvalue weighted by molar-refractivity contribution is 9.10. The normalized spacial score (nSPS) is 10.9. The van der Waals surface area contributed by atoms with Crippen molar-refractivity contribution >= 4 is 48.5 Å². The summed E-state index contributed by atoms with van der Waals surface area (Å²) in [4.78, 5) is 24.0. The van der Waals surface area contributed by atoms with E-state index in [1.807, 2.05) is 54.6 Å². The molecule has 0 bridgehead atoms. The number of pyridine rings is 1. The number of aryl methyl sites for hydroxylation is 1. The maximum Gasteiger partial charge on any atom is 0.260 e. The SMILES string of the molecule is Cc1ccc2nc(N(Cc3ccccn3)C(=O)c3ccc(Br)cc3)sc2c1. The number of benzene rings is 2. The van der Waals surface area contributed by atoms with E-state index in [4.69, 9.17) is 4.98 Å². The Labute approximate surface area is 169 Å². The first-order valence-corrected chi connectivity index (χ1v) is 10.1. The number of hydrogen-bond donors (Lipinski definition) is 0. The molecule has 4 nitrogen and oxygen atoms in total. The van der Waals surface area contributed by atoms with Gasteiger partial charge in [0.2, 0.25) is 0 Å². The van der Waals surface area contributed by atoms with Crippen molar-refractivity contribution < 1.29 is 4.79 Å². The molecule has 2 aromatic carbocycles. The average Bonchev–Trinajstić information content (AvgIpc) is 3.10. The maximum absolute atomic E-state index is 13.3. The number of rotatable bonds is 4. The van der Waals surface area contributed by atoms with E-state index in [0.29, 0.717) is 17.2 Å². The lowest BCUT2D eigenvalue weighted by atomic mass is 10.2. The number of carbonyl (C=O) groups excluding carboxylic acids is 1. The van der Waals surface area contributed by atoms with Gasteiger partial charge in [0.15, 0.2) is 5.13 Å². The molecule has 0 spiro atoms. The van der Waals surface area contributed by atoms with Gasteiger partial charge in [-0.15, -0.1) is 0 Å². The summed E-state index contributed by atoms with van der Waals surface area (Å²) in [5.74, 6) is -0.0936. The first-order valence-electron chi connectivity index (χ1n) is 8.45. The molecule has 134 valence electrons. The third-order valence-electron chi connectivity index (χ3n) is 4.15. The number of aromatic nitrogens is 2. The fourth-order valence-electron chi connectivity index (χ4n) is 2.76. The molecule has 0 aliphatic heterocycles. The fourth-order valence-corrected chi connectivity index (χ4v) is 4.09. The molecule has 0 fully saturated rings. The van der Waals surface area contributed by atoms with Crippen molar-refractivity contribution in [3.8, 4) is 0 Å². The van der Waals surface area contributed by atoms with Crippen LogP contribution in [0.25, 0.3) is 10.2 Å². The van der Waals surface area contributed by atoms with Crippen molar-refractivity contribution in [1.82, 2.24) is 9.97 Å². The summed E-state index contributed by atoms with van der Waals surface area (Å²) in [7, 11) is 0. The number of halogens is 1. The van der Waals surface area contributed by atoms with E-state index in [9.17, 15) is 4.79 Å². The number of thiazole rings is 1. The summed E-state index contributed by atoms with van der Waals surface area (Å²) < 4.78 is 2.01. The summed E-state index contributed by atoms with van der Waals surface area (Å²) >= 11 is 4.94. The van der Waals surface area contributed by atoms with Crippen molar-refractivity contribution in [3.63, 3.8) is 0 Å². The van der Waals surface area contributed by atoms with Gasteiger partial charge in [-0.25, -0.2) is 4.98 Å². The van der Waals surface area contributed by atoms with Gasteiger partial charge in [0.1, 0.15) is 0 Å². The maximum atomic E-state index is 13.3. The lowest BCUT2D eigenvalue weighted by molar-refractivity contribution is 0.0985. The van der Waals surface area contributed by atoms with Crippen molar-refractivity contribution in [2.45, 2.75) is 13.5 Å². The van der Waals surface area contributed by atoms with Crippen LogP contribution in [-0.2, 0) is 6.54 Å². The van der Waals surface area contributed by atoms with Crippen molar-refractivity contribution in [1.29, 1.82) is 0 Å². The van der Waals surface area contributed by atoms with Gasteiger partial charge in [0, 0.05) is 16.2 Å². The summed E-state index contributed by atoms with van der Waals surface area (Å²) in [5.41, 5.74) is 3.51. The van der Waals surface area contributed by atoms with Gasteiger partial charge in [-0.1, -0.05) is 39.4 Å². The van der Waals surface area contributed by atoms with Crippen LogP contribution in [0.15, 0.2) is 71.3 Å². The van der Waals surface area contributed by atoms with Crippen LogP contribution in [0.4, 0.5) is 5.13 Å². The van der Waals surface area contributed by atoms with Gasteiger partial charge in [0.25, 0.3) is 5.91 Å². The second-order valence-corrected chi connectivity index (χ2v) is 8.11. The first kappa shape index (κ1) is 17.8. The topological polar surface area (TPSA) is 46.1 Å². The van der Waals surface area contributed by atoms with Crippen molar-refractivity contribution in [2.75, 3.05) is 4.90 Å². The Morgan fingerprint density at radius 2 is 1.93 bits per heavy atom. The number of hydrogen-bond acceptors (Lipinski definition) is 4. The highest BCUT2D eigenvalue weighted by Crippen LogP contribution is 2.31. The minimum absolute atomic E-state index is 0.0936. The Bertz CT molecular complexity index is 1090. The van der Waals surface area contributed by atoms with Gasteiger partial charge in [-0.05, 0) is 61.0 Å². The molecule has 0 saturated carbocycles. The van der Waals surface area contributed by atoms with Crippen LogP contribution in [0.5, 0.6) is 0 Å². The van der Waals surface area contributed by atoms with E-state index in [-0.39, 0.29) is 5.91 Å². The van der Waals surface area contributed by atoms with E-state index in [1.165, 1.54) is 16.9 Å². The molecule has 0 saturated heterocycles. The van der Waals surface area contributed by atoms with Gasteiger partial charge in [-0.3, -0.25) is 14.7 Å². The number of carbonyl (C=O) groups is 1. The fraction of sp³-hybridized carbons (Fsp3) is 0.0952. The lowest BCUT2D eigenvalue weighted by Gasteiger charge is -2.19. The smallest absolute Gasteiger partial charge is 0.260 e. The second kappa shape index (κ2) is 7.58. The van der Waals surface area contributed by atoms with Gasteiger partial charge >= 0.3 is 0 Å². The molecule has 6 heteroatoms. The van der Waals surface area contributed by atoms with Crippen LogP contribution in [0.2, 0.25) is 0 Å². The van der Waals surface area contributed by atoms with E-state index in [1.54, 1.807) is 11.1 Å². The molecule has 27 heavy (non-hydrogen) atoms. The molecule has 0 atom stereocenters. The molecule has 0 N–H and O–H groups in total. The average molecular weight is 438 g/mol. The third kappa shape index (κ3) is 3.91. The number of fused-ring (bicyclic) bond motifs is 1. The minimum atomic E-state index is -0.0936. The van der Waals surface area contributed by atoms with Gasteiger partial charge < -0.3 is 0 Å². The molecular weight excluding hydrogens is 422 g/mol. The second-order valence-electron chi connectivity index (χ2n) is 6.19. The van der Waals surface area contributed by atoms with E-state index in [0.717, 1.165) is 20.4 Å². The molecule has 0 aliphatic rings. The quantitative estimate of drug-likeness (QED) is 0.416. The molecule has 2 heterocycles. The van der Waals surface area contributed by atoms with Crippen LogP contribution in [0, 0.1) is 6.92 Å². The Kier molecular flexibility index (Phi) is 5.01. The zero-order valence-electron chi connectivity index (χ0n) is 14.6. The molecule has 0 unspecified atom stereocenters. The minimum Gasteiger partial charge on any atom is -0.278 e.